The molecule has 0 atom stereocenters. The second kappa shape index (κ2) is 4.48. The molecule has 4 N–H and O–H groups in total. The van der Waals surface area contributed by atoms with E-state index in [0.29, 0.717) is 30.4 Å². The number of nitrogens with zero attached hydrogens (tertiary/aromatic N) is 2. The standard InChI is InChI=1S/C11H11N5O3/c12-11-14-9(15-16-11)10(17)13-6-1-2-7-8(5-6)19-4-3-18-7/h1-2,5H,3-4H2,(H,13,17)(H3,12,14,15,16). The average molecular weight is 261 g/mol. The fourth-order valence-electron chi connectivity index (χ4n) is 1.69. The zero-order valence-electron chi connectivity index (χ0n) is 9.84. The number of hydrogen-bond acceptors (Lipinski definition) is 6. The number of nitrogens with two attached hydrogens (primary N) is 1. The minimum Gasteiger partial charge on any atom is -0.486 e. The second-order valence-corrected chi connectivity index (χ2v) is 3.85. The molecular formula is C11H11N5O3. The smallest absolute Gasteiger partial charge is 0.293 e. The Morgan fingerprint density at radius 1 is 1.32 bits per heavy atom. The largest absolute Gasteiger partial charge is 0.486 e. The van der Waals surface area contributed by atoms with Crippen LogP contribution < -0.4 is 20.5 Å². The lowest BCUT2D eigenvalue weighted by Crippen LogP contribution is -2.17. The number of carbonyl (C=O) groups excluding carboxylic acids is 1. The quantitative estimate of drug-likeness (QED) is 0.721. The van der Waals surface area contributed by atoms with Crippen LogP contribution >= 0.6 is 0 Å². The number of hydrogen-bond donors (Lipinski definition) is 3. The van der Waals surface area contributed by atoms with Gasteiger partial charge in [0.25, 0.3) is 5.91 Å². The molecule has 1 aromatic heterocycles. The topological polar surface area (TPSA) is 115 Å². The zero-order chi connectivity index (χ0) is 13.2. The maximum Gasteiger partial charge on any atom is 0.293 e. The van der Waals surface area contributed by atoms with Gasteiger partial charge in [-0.3, -0.25) is 9.89 Å². The van der Waals surface area contributed by atoms with E-state index in [-0.39, 0.29) is 11.8 Å². The van der Waals surface area contributed by atoms with Gasteiger partial charge in [0, 0.05) is 11.8 Å². The van der Waals surface area contributed by atoms with Gasteiger partial charge in [-0.15, -0.1) is 5.10 Å². The molecule has 2 heterocycles. The molecule has 19 heavy (non-hydrogen) atoms. The fraction of sp³-hybridized carbons (Fsp3) is 0.182. The number of ether oxygens (including phenoxy) is 2. The highest BCUT2D eigenvalue weighted by Crippen LogP contribution is 2.32. The van der Waals surface area contributed by atoms with Crippen molar-refractivity contribution < 1.29 is 14.3 Å². The molecule has 0 spiro atoms. The molecule has 2 aromatic rings. The molecule has 0 saturated heterocycles. The van der Waals surface area contributed by atoms with Crippen molar-refractivity contribution in [1.29, 1.82) is 0 Å². The van der Waals surface area contributed by atoms with Crippen molar-refractivity contribution in [1.82, 2.24) is 15.2 Å². The fourth-order valence-corrected chi connectivity index (χ4v) is 1.69. The Kier molecular flexibility index (Phi) is 2.67. The van der Waals surface area contributed by atoms with Gasteiger partial charge in [-0.1, -0.05) is 0 Å². The van der Waals surface area contributed by atoms with E-state index < -0.39 is 5.91 Å². The first-order valence-corrected chi connectivity index (χ1v) is 5.61. The average Bonchev–Trinajstić information content (AvgIpc) is 2.85. The van der Waals surface area contributed by atoms with Crippen LogP contribution in [0.25, 0.3) is 0 Å². The summed E-state index contributed by atoms with van der Waals surface area (Å²) in [6, 6.07) is 5.14. The number of nitrogen functional groups attached to an aromatic ring is 1. The summed E-state index contributed by atoms with van der Waals surface area (Å²) in [6.45, 7) is 1.01. The highest BCUT2D eigenvalue weighted by atomic mass is 16.6. The van der Waals surface area contributed by atoms with Gasteiger partial charge in [-0.2, -0.15) is 4.98 Å². The SMILES string of the molecule is Nc1n[nH]c(C(=O)Nc2ccc3c(c2)OCCO3)n1. The van der Waals surface area contributed by atoms with Crippen LogP contribution in [-0.4, -0.2) is 34.3 Å². The first-order chi connectivity index (χ1) is 9.22. The van der Waals surface area contributed by atoms with E-state index in [2.05, 4.69) is 20.5 Å². The van der Waals surface area contributed by atoms with E-state index in [1.54, 1.807) is 18.2 Å². The minimum absolute atomic E-state index is 0.0207. The van der Waals surface area contributed by atoms with Gasteiger partial charge in [0.2, 0.25) is 11.8 Å². The van der Waals surface area contributed by atoms with E-state index in [9.17, 15) is 4.79 Å². The summed E-state index contributed by atoms with van der Waals surface area (Å²) >= 11 is 0. The Labute approximate surface area is 107 Å². The Morgan fingerprint density at radius 2 is 2.11 bits per heavy atom. The number of aromatic amines is 1. The van der Waals surface area contributed by atoms with Crippen molar-refractivity contribution >= 4 is 17.5 Å². The van der Waals surface area contributed by atoms with Crippen LogP contribution in [0.5, 0.6) is 11.5 Å². The summed E-state index contributed by atoms with van der Waals surface area (Å²) in [4.78, 5) is 15.6. The molecule has 0 bridgehead atoms. The highest BCUT2D eigenvalue weighted by molar-refractivity contribution is 6.01. The van der Waals surface area contributed by atoms with Crippen LogP contribution in [0.3, 0.4) is 0 Å². The van der Waals surface area contributed by atoms with Crippen molar-refractivity contribution in [3.63, 3.8) is 0 Å². The van der Waals surface area contributed by atoms with Crippen molar-refractivity contribution in [3.05, 3.63) is 24.0 Å². The van der Waals surface area contributed by atoms with Crippen LogP contribution in [0.2, 0.25) is 0 Å². The van der Waals surface area contributed by atoms with Crippen molar-refractivity contribution in [3.8, 4) is 11.5 Å². The summed E-state index contributed by atoms with van der Waals surface area (Å²) < 4.78 is 10.8. The summed E-state index contributed by atoms with van der Waals surface area (Å²) in [6.07, 6.45) is 0. The molecule has 1 aliphatic rings. The molecule has 0 aliphatic carbocycles. The highest BCUT2D eigenvalue weighted by Gasteiger charge is 2.15. The molecule has 8 heteroatoms. The van der Waals surface area contributed by atoms with Gasteiger partial charge in [0.05, 0.1) is 0 Å². The maximum absolute atomic E-state index is 11.8. The second-order valence-electron chi connectivity index (χ2n) is 3.85. The molecule has 1 aromatic carbocycles. The van der Waals surface area contributed by atoms with Crippen molar-refractivity contribution in [2.24, 2.45) is 0 Å². The summed E-state index contributed by atoms with van der Waals surface area (Å²) in [7, 11) is 0. The number of anilines is 2. The number of carbonyl (C=O) groups is 1. The summed E-state index contributed by atoms with van der Waals surface area (Å²) in [5.41, 5.74) is 5.90. The number of fused-ring (bicyclic) bond motifs is 1. The van der Waals surface area contributed by atoms with Gasteiger partial charge in [-0.05, 0) is 12.1 Å². The number of benzene rings is 1. The first-order valence-electron chi connectivity index (χ1n) is 5.61. The van der Waals surface area contributed by atoms with Crippen LogP contribution in [0, 0.1) is 0 Å². The lowest BCUT2D eigenvalue weighted by atomic mass is 10.2. The van der Waals surface area contributed by atoms with Crippen LogP contribution in [-0.2, 0) is 0 Å². The molecule has 0 radical (unpaired) electrons. The minimum atomic E-state index is -0.430. The number of nitrogens with one attached hydrogen (secondary N) is 2. The molecule has 1 aliphatic heterocycles. The Balaban J connectivity index is 1.78. The Hall–Kier alpha value is -2.77. The molecule has 98 valence electrons. The van der Waals surface area contributed by atoms with Gasteiger partial charge in [0.15, 0.2) is 11.5 Å². The van der Waals surface area contributed by atoms with E-state index in [4.69, 9.17) is 15.2 Å². The normalized spacial score (nSPS) is 13.1. The zero-order valence-corrected chi connectivity index (χ0v) is 9.84. The number of aromatic nitrogens is 3. The third-order valence-corrected chi connectivity index (χ3v) is 2.52. The number of amides is 1. The lowest BCUT2D eigenvalue weighted by Gasteiger charge is -2.18. The predicted molar refractivity (Wildman–Crippen MR) is 66.2 cm³/mol. The number of rotatable bonds is 2. The van der Waals surface area contributed by atoms with E-state index in [1.807, 2.05) is 0 Å². The molecular weight excluding hydrogens is 250 g/mol. The third-order valence-electron chi connectivity index (χ3n) is 2.52. The third kappa shape index (κ3) is 2.28. The molecule has 3 rings (SSSR count). The van der Waals surface area contributed by atoms with Gasteiger partial charge in [-0.25, -0.2) is 0 Å². The van der Waals surface area contributed by atoms with Gasteiger partial charge >= 0.3 is 0 Å². The lowest BCUT2D eigenvalue weighted by molar-refractivity contribution is 0.101. The first kappa shape index (κ1) is 11.3. The van der Waals surface area contributed by atoms with Crippen LogP contribution in [0.1, 0.15) is 10.6 Å². The summed E-state index contributed by atoms with van der Waals surface area (Å²) in [5, 5.41) is 8.68. The Bertz CT molecular complexity index is 625. The molecule has 0 unspecified atom stereocenters. The monoisotopic (exact) mass is 261 g/mol. The number of H-pyrrole nitrogens is 1. The van der Waals surface area contributed by atoms with Crippen molar-refractivity contribution in [2.45, 2.75) is 0 Å². The van der Waals surface area contributed by atoms with Gasteiger partial charge < -0.3 is 20.5 Å². The Morgan fingerprint density at radius 3 is 2.84 bits per heavy atom. The maximum atomic E-state index is 11.8. The van der Waals surface area contributed by atoms with Crippen molar-refractivity contribution in [2.75, 3.05) is 24.3 Å². The van der Waals surface area contributed by atoms with Crippen LogP contribution in [0.15, 0.2) is 18.2 Å². The van der Waals surface area contributed by atoms with Gasteiger partial charge in [0.1, 0.15) is 13.2 Å². The molecule has 8 nitrogen and oxygen atoms in total. The molecule has 0 fully saturated rings. The van der Waals surface area contributed by atoms with E-state index in [1.165, 1.54) is 0 Å². The van der Waals surface area contributed by atoms with Crippen LogP contribution in [0.4, 0.5) is 11.6 Å². The molecule has 1 amide bonds. The predicted octanol–water partition coefficient (Wildman–Crippen LogP) is 0.410. The van der Waals surface area contributed by atoms with E-state index >= 15 is 0 Å². The summed E-state index contributed by atoms with van der Waals surface area (Å²) in [5.74, 6) is 0.898. The molecule has 0 saturated carbocycles. The van der Waals surface area contributed by atoms with E-state index in [0.717, 1.165) is 0 Å².